The fraction of sp³-hybridized carbons (Fsp3) is 0.483. The van der Waals surface area contributed by atoms with Crippen molar-refractivity contribution in [2.75, 3.05) is 33.3 Å². The van der Waals surface area contributed by atoms with Crippen molar-refractivity contribution in [3.63, 3.8) is 0 Å². The van der Waals surface area contributed by atoms with Crippen LogP contribution in [0.25, 0.3) is 0 Å². The summed E-state index contributed by atoms with van der Waals surface area (Å²) in [6, 6.07) is 16.3. The number of carbonyl (C=O) groups is 3. The number of likely N-dealkylation sites (tertiary alicyclic amines) is 1. The van der Waals surface area contributed by atoms with E-state index < -0.39 is 6.04 Å². The average molecular weight is 490 g/mol. The van der Waals surface area contributed by atoms with Gasteiger partial charge < -0.3 is 19.4 Å². The summed E-state index contributed by atoms with van der Waals surface area (Å²) in [5.74, 6) is 0.861. The van der Waals surface area contributed by atoms with Crippen molar-refractivity contribution in [2.45, 2.75) is 50.6 Å². The van der Waals surface area contributed by atoms with Crippen LogP contribution in [0.2, 0.25) is 0 Å². The minimum atomic E-state index is -0.428. The molecule has 3 amide bonds. The lowest BCUT2D eigenvalue weighted by molar-refractivity contribution is -0.135. The molecule has 3 aliphatic rings. The van der Waals surface area contributed by atoms with Crippen molar-refractivity contribution in [3.8, 4) is 5.75 Å². The molecule has 3 atom stereocenters. The van der Waals surface area contributed by atoms with Crippen LogP contribution in [-0.4, -0.2) is 77.8 Å². The maximum Gasteiger partial charge on any atom is 0.257 e. The molecule has 0 bridgehead atoms. The van der Waals surface area contributed by atoms with Crippen molar-refractivity contribution in [1.29, 1.82) is 0 Å². The fourth-order valence-corrected chi connectivity index (χ4v) is 6.25. The van der Waals surface area contributed by atoms with Gasteiger partial charge in [-0.2, -0.15) is 0 Å². The van der Waals surface area contributed by atoms with Crippen LogP contribution in [0.15, 0.2) is 54.6 Å². The highest BCUT2D eigenvalue weighted by molar-refractivity contribution is 5.99. The van der Waals surface area contributed by atoms with Gasteiger partial charge in [0, 0.05) is 37.8 Å². The first-order chi connectivity index (χ1) is 17.6. The van der Waals surface area contributed by atoms with Crippen LogP contribution in [-0.2, 0) is 4.79 Å². The Hall–Kier alpha value is -3.35. The predicted molar refractivity (Wildman–Crippen MR) is 137 cm³/mol. The maximum absolute atomic E-state index is 13.9. The molecule has 7 nitrogen and oxygen atoms in total. The minimum Gasteiger partial charge on any atom is -0.496 e. The molecule has 0 N–H and O–H groups in total. The second-order valence-corrected chi connectivity index (χ2v) is 10.1. The van der Waals surface area contributed by atoms with E-state index in [1.165, 1.54) is 6.42 Å². The second-order valence-electron chi connectivity index (χ2n) is 10.1. The zero-order valence-corrected chi connectivity index (χ0v) is 21.0. The third-order valence-corrected chi connectivity index (χ3v) is 8.06. The van der Waals surface area contributed by atoms with Gasteiger partial charge in [-0.25, -0.2) is 0 Å². The number of para-hydroxylation sites is 1. The van der Waals surface area contributed by atoms with Crippen molar-refractivity contribution in [1.82, 2.24) is 14.7 Å². The molecular weight excluding hydrogens is 454 g/mol. The molecule has 2 heterocycles. The Morgan fingerprint density at radius 3 is 2.28 bits per heavy atom. The van der Waals surface area contributed by atoms with Gasteiger partial charge in [0.2, 0.25) is 5.91 Å². The molecule has 3 unspecified atom stereocenters. The molecule has 36 heavy (non-hydrogen) atoms. The number of hydrogen-bond acceptors (Lipinski definition) is 4. The molecule has 2 aliphatic heterocycles. The summed E-state index contributed by atoms with van der Waals surface area (Å²) in [4.78, 5) is 46.3. The first-order valence-electron chi connectivity index (χ1n) is 13.2. The number of carbonyl (C=O) groups excluding carboxylic acids is 3. The van der Waals surface area contributed by atoms with E-state index in [9.17, 15) is 14.4 Å². The second kappa shape index (κ2) is 10.7. The molecule has 7 heteroatoms. The standard InChI is InChI=1S/C29H35N3O4/c1-36-26-15-8-6-13-23(26)28(34)30-16-9-17-31(19-18-30)29(35)25-20-22-12-5-7-14-24(22)32(25)27(33)21-10-3-2-4-11-21/h2-4,6,8,10-11,13,15,22,24-25H,5,7,9,12,14,16-20H2,1H3. The molecule has 5 rings (SSSR count). The SMILES string of the molecule is COc1ccccc1C(=O)N1CCCN(C(=O)C2CC3CCCCC3N2C(=O)c2ccccc2)CC1. The lowest BCUT2D eigenvalue weighted by Crippen LogP contribution is -2.51. The number of methoxy groups -OCH3 is 1. The van der Waals surface area contributed by atoms with Gasteiger partial charge in [0.1, 0.15) is 11.8 Å². The molecule has 0 radical (unpaired) electrons. The van der Waals surface area contributed by atoms with Gasteiger partial charge >= 0.3 is 0 Å². The van der Waals surface area contributed by atoms with E-state index in [1.807, 2.05) is 57.2 Å². The van der Waals surface area contributed by atoms with Crippen molar-refractivity contribution < 1.29 is 19.1 Å². The molecule has 190 valence electrons. The molecule has 0 spiro atoms. The Bertz CT molecular complexity index is 1100. The summed E-state index contributed by atoms with van der Waals surface area (Å²) in [7, 11) is 1.57. The molecule has 3 fully saturated rings. The van der Waals surface area contributed by atoms with Gasteiger partial charge in [-0.3, -0.25) is 14.4 Å². The summed E-state index contributed by atoms with van der Waals surface area (Å²) >= 11 is 0. The quantitative estimate of drug-likeness (QED) is 0.654. The van der Waals surface area contributed by atoms with Crippen LogP contribution in [0.5, 0.6) is 5.75 Å². The Morgan fingerprint density at radius 1 is 0.778 bits per heavy atom. The summed E-state index contributed by atoms with van der Waals surface area (Å²) in [6.45, 7) is 2.12. The van der Waals surface area contributed by atoms with Gasteiger partial charge in [-0.1, -0.05) is 43.2 Å². The number of benzene rings is 2. The average Bonchev–Trinajstić information content (AvgIpc) is 3.14. The third-order valence-electron chi connectivity index (χ3n) is 8.06. The topological polar surface area (TPSA) is 70.2 Å². The third kappa shape index (κ3) is 4.71. The summed E-state index contributed by atoms with van der Waals surface area (Å²) in [5, 5.41) is 0. The zero-order valence-electron chi connectivity index (χ0n) is 21.0. The largest absolute Gasteiger partial charge is 0.496 e. The van der Waals surface area contributed by atoms with Gasteiger partial charge in [0.05, 0.1) is 12.7 Å². The number of nitrogens with zero attached hydrogens (tertiary/aromatic N) is 3. The van der Waals surface area contributed by atoms with Gasteiger partial charge in [-0.15, -0.1) is 0 Å². The molecule has 1 aliphatic carbocycles. The number of hydrogen-bond donors (Lipinski definition) is 0. The lowest BCUT2D eigenvalue weighted by atomic mass is 9.84. The van der Waals surface area contributed by atoms with E-state index in [-0.39, 0.29) is 23.8 Å². The Morgan fingerprint density at radius 2 is 1.47 bits per heavy atom. The highest BCUT2D eigenvalue weighted by Crippen LogP contribution is 2.41. The first-order valence-corrected chi connectivity index (χ1v) is 13.2. The van der Waals surface area contributed by atoms with Crippen molar-refractivity contribution in [3.05, 3.63) is 65.7 Å². The number of amides is 3. The van der Waals surface area contributed by atoms with Crippen LogP contribution in [0, 0.1) is 5.92 Å². The minimum absolute atomic E-state index is 0.0280. The van der Waals surface area contributed by atoms with Crippen LogP contribution in [0.3, 0.4) is 0 Å². The van der Waals surface area contributed by atoms with Crippen molar-refractivity contribution in [2.24, 2.45) is 5.92 Å². The maximum atomic E-state index is 13.9. The molecule has 2 aromatic carbocycles. The van der Waals surface area contributed by atoms with Crippen LogP contribution in [0.1, 0.15) is 59.2 Å². The molecule has 0 aromatic heterocycles. The number of fused-ring (bicyclic) bond motifs is 1. The normalized spacial score (nSPS) is 24.1. The Kier molecular flexibility index (Phi) is 7.25. The number of rotatable bonds is 4. The number of ether oxygens (including phenoxy) is 1. The van der Waals surface area contributed by atoms with E-state index in [4.69, 9.17) is 4.74 Å². The van der Waals surface area contributed by atoms with Gasteiger partial charge in [0.15, 0.2) is 0 Å². The van der Waals surface area contributed by atoms with Crippen LogP contribution >= 0.6 is 0 Å². The van der Waals surface area contributed by atoms with E-state index in [0.29, 0.717) is 55.4 Å². The summed E-state index contributed by atoms with van der Waals surface area (Å²) in [6.07, 6.45) is 5.76. The predicted octanol–water partition coefficient (Wildman–Crippen LogP) is 3.84. The Labute approximate surface area is 213 Å². The van der Waals surface area contributed by atoms with Gasteiger partial charge in [-0.05, 0) is 55.9 Å². The lowest BCUT2D eigenvalue weighted by Gasteiger charge is -2.35. The van der Waals surface area contributed by atoms with Gasteiger partial charge in [0.25, 0.3) is 11.8 Å². The molecule has 2 saturated heterocycles. The van der Waals surface area contributed by atoms with E-state index in [1.54, 1.807) is 19.2 Å². The van der Waals surface area contributed by atoms with E-state index in [2.05, 4.69) is 0 Å². The molecular formula is C29H35N3O4. The molecule has 1 saturated carbocycles. The molecule has 2 aromatic rings. The Balaban J connectivity index is 1.32. The van der Waals surface area contributed by atoms with Crippen LogP contribution < -0.4 is 4.74 Å². The summed E-state index contributed by atoms with van der Waals surface area (Å²) < 4.78 is 5.38. The first kappa shape index (κ1) is 24.3. The smallest absolute Gasteiger partial charge is 0.257 e. The zero-order chi connectivity index (χ0) is 25.1. The monoisotopic (exact) mass is 489 g/mol. The van der Waals surface area contributed by atoms with Crippen molar-refractivity contribution >= 4 is 17.7 Å². The summed E-state index contributed by atoms with van der Waals surface area (Å²) in [5.41, 5.74) is 1.19. The van der Waals surface area contributed by atoms with E-state index >= 15 is 0 Å². The van der Waals surface area contributed by atoms with E-state index in [0.717, 1.165) is 25.7 Å². The highest BCUT2D eigenvalue weighted by atomic mass is 16.5. The fourth-order valence-electron chi connectivity index (χ4n) is 6.25. The van der Waals surface area contributed by atoms with Crippen LogP contribution in [0.4, 0.5) is 0 Å². The highest BCUT2D eigenvalue weighted by Gasteiger charge is 2.48.